The van der Waals surface area contributed by atoms with Crippen molar-refractivity contribution >= 4 is 16.0 Å². The lowest BCUT2D eigenvalue weighted by Crippen LogP contribution is -2.42. The molecule has 0 unspecified atom stereocenters. The maximum absolute atomic E-state index is 11.6. The highest BCUT2D eigenvalue weighted by Crippen LogP contribution is 2.41. The Morgan fingerprint density at radius 3 is 2.48 bits per heavy atom. The average Bonchev–Trinajstić information content (AvgIpc) is 3.17. The van der Waals surface area contributed by atoms with Gasteiger partial charge in [-0.1, -0.05) is 5.10 Å². The van der Waals surface area contributed by atoms with Crippen LogP contribution in [0.1, 0.15) is 57.1 Å². The van der Waals surface area contributed by atoms with E-state index in [-0.39, 0.29) is 12.1 Å². The van der Waals surface area contributed by atoms with Gasteiger partial charge in [0.2, 0.25) is 16.0 Å². The Bertz CT molecular complexity index is 963. The maximum Gasteiger partial charge on any atom is 0.316 e. The van der Waals surface area contributed by atoms with Crippen molar-refractivity contribution in [2.45, 2.75) is 57.5 Å². The van der Waals surface area contributed by atoms with Crippen LogP contribution < -0.4 is 10.1 Å². The highest BCUT2D eigenvalue weighted by Gasteiger charge is 2.32. The molecule has 0 bridgehead atoms. The summed E-state index contributed by atoms with van der Waals surface area (Å²) in [5.74, 6) is 1.57. The summed E-state index contributed by atoms with van der Waals surface area (Å²) in [5, 5.41) is 11.3. The van der Waals surface area contributed by atoms with Crippen molar-refractivity contribution in [3.63, 3.8) is 0 Å². The summed E-state index contributed by atoms with van der Waals surface area (Å²) in [5.41, 5.74) is 1.15. The Hall–Kier alpha value is -2.27. The second kappa shape index (κ2) is 9.07. The van der Waals surface area contributed by atoms with E-state index in [0.29, 0.717) is 43.5 Å². The lowest BCUT2D eigenvalue weighted by molar-refractivity contribution is 0.143. The third-order valence-electron chi connectivity index (χ3n) is 6.18. The molecule has 0 radical (unpaired) electrons. The summed E-state index contributed by atoms with van der Waals surface area (Å²) in [4.78, 5) is 8.96. The van der Waals surface area contributed by atoms with Gasteiger partial charge in [-0.15, -0.1) is 5.10 Å². The SMILES string of the molecule is CC(C)n1cnnc1OCC1CC(c2cnc(NC3CCN(S(C)(=O)=O)CC3)nc2)C1. The Kier molecular flexibility index (Phi) is 6.42. The molecule has 3 heterocycles. The first-order chi connectivity index (χ1) is 14.8. The molecule has 170 valence electrons. The van der Waals surface area contributed by atoms with Crippen LogP contribution in [0.2, 0.25) is 0 Å². The zero-order valence-corrected chi connectivity index (χ0v) is 19.1. The third kappa shape index (κ3) is 5.32. The minimum atomic E-state index is -3.10. The van der Waals surface area contributed by atoms with Gasteiger partial charge in [0.1, 0.15) is 6.33 Å². The van der Waals surface area contributed by atoms with Gasteiger partial charge >= 0.3 is 6.01 Å². The predicted molar refractivity (Wildman–Crippen MR) is 116 cm³/mol. The van der Waals surface area contributed by atoms with Crippen molar-refractivity contribution in [2.24, 2.45) is 5.92 Å². The van der Waals surface area contributed by atoms with Gasteiger partial charge in [-0.05, 0) is 56.9 Å². The Morgan fingerprint density at radius 2 is 1.87 bits per heavy atom. The van der Waals surface area contributed by atoms with Gasteiger partial charge < -0.3 is 10.1 Å². The maximum atomic E-state index is 11.6. The largest absolute Gasteiger partial charge is 0.463 e. The first-order valence-corrected chi connectivity index (χ1v) is 12.7. The third-order valence-corrected chi connectivity index (χ3v) is 7.48. The van der Waals surface area contributed by atoms with Crippen molar-refractivity contribution in [1.29, 1.82) is 0 Å². The van der Waals surface area contributed by atoms with Crippen LogP contribution in [0.15, 0.2) is 18.7 Å². The van der Waals surface area contributed by atoms with E-state index in [0.717, 1.165) is 31.2 Å². The number of piperidine rings is 1. The van der Waals surface area contributed by atoms with Gasteiger partial charge in [0.15, 0.2) is 0 Å². The molecule has 2 aromatic heterocycles. The van der Waals surface area contributed by atoms with E-state index in [1.165, 1.54) is 10.6 Å². The molecular formula is C20H31N7O3S. The first kappa shape index (κ1) is 21.9. The Balaban J connectivity index is 1.21. The number of aromatic nitrogens is 5. The van der Waals surface area contributed by atoms with Crippen LogP contribution in [-0.4, -0.2) is 69.4 Å². The molecule has 10 nitrogen and oxygen atoms in total. The molecule has 0 spiro atoms. The van der Waals surface area contributed by atoms with Gasteiger partial charge in [0, 0.05) is 37.6 Å². The summed E-state index contributed by atoms with van der Waals surface area (Å²) in [6.45, 7) is 5.87. The number of hydrogen-bond acceptors (Lipinski definition) is 8. The monoisotopic (exact) mass is 449 g/mol. The van der Waals surface area contributed by atoms with Gasteiger partial charge in [0.25, 0.3) is 0 Å². The molecule has 1 aliphatic carbocycles. The van der Waals surface area contributed by atoms with Gasteiger partial charge in [-0.3, -0.25) is 4.57 Å². The van der Waals surface area contributed by atoms with Crippen LogP contribution in [0.3, 0.4) is 0 Å². The van der Waals surface area contributed by atoms with Crippen LogP contribution in [-0.2, 0) is 10.0 Å². The molecule has 2 aliphatic rings. The number of ether oxygens (including phenoxy) is 1. The molecule has 4 rings (SSSR count). The molecular weight excluding hydrogens is 418 g/mol. The first-order valence-electron chi connectivity index (χ1n) is 10.9. The fourth-order valence-corrected chi connectivity index (χ4v) is 5.04. The minimum Gasteiger partial charge on any atom is -0.463 e. The average molecular weight is 450 g/mol. The van der Waals surface area contributed by atoms with Crippen LogP contribution in [0.5, 0.6) is 6.01 Å². The number of hydrogen-bond donors (Lipinski definition) is 1. The zero-order valence-electron chi connectivity index (χ0n) is 18.3. The molecule has 31 heavy (non-hydrogen) atoms. The molecule has 0 amide bonds. The molecule has 0 atom stereocenters. The molecule has 1 aliphatic heterocycles. The van der Waals surface area contributed by atoms with Crippen molar-refractivity contribution in [3.8, 4) is 6.01 Å². The smallest absolute Gasteiger partial charge is 0.316 e. The summed E-state index contributed by atoms with van der Waals surface area (Å²) in [6.07, 6.45) is 10.4. The fourth-order valence-electron chi connectivity index (χ4n) is 4.16. The quantitative estimate of drug-likeness (QED) is 0.651. The summed E-state index contributed by atoms with van der Waals surface area (Å²) < 4.78 is 32.6. The lowest BCUT2D eigenvalue weighted by Gasteiger charge is -2.35. The van der Waals surface area contributed by atoms with Crippen molar-refractivity contribution in [1.82, 2.24) is 29.0 Å². The van der Waals surface area contributed by atoms with E-state index in [4.69, 9.17) is 4.74 Å². The van der Waals surface area contributed by atoms with Crippen molar-refractivity contribution < 1.29 is 13.2 Å². The van der Waals surface area contributed by atoms with E-state index in [1.807, 2.05) is 17.0 Å². The fraction of sp³-hybridized carbons (Fsp3) is 0.700. The molecule has 11 heteroatoms. The van der Waals surface area contributed by atoms with Crippen molar-refractivity contribution in [3.05, 3.63) is 24.3 Å². The molecule has 1 N–H and O–H groups in total. The summed E-state index contributed by atoms with van der Waals surface area (Å²) in [6, 6.07) is 1.05. The second-order valence-electron chi connectivity index (χ2n) is 8.88. The van der Waals surface area contributed by atoms with Crippen LogP contribution in [0.25, 0.3) is 0 Å². The highest BCUT2D eigenvalue weighted by molar-refractivity contribution is 7.88. The Morgan fingerprint density at radius 1 is 1.19 bits per heavy atom. The van der Waals surface area contributed by atoms with E-state index in [9.17, 15) is 8.42 Å². The van der Waals surface area contributed by atoms with Gasteiger partial charge in [-0.2, -0.15) is 0 Å². The highest BCUT2D eigenvalue weighted by atomic mass is 32.2. The zero-order chi connectivity index (χ0) is 22.0. The van der Waals surface area contributed by atoms with Gasteiger partial charge in [-0.25, -0.2) is 22.7 Å². The van der Waals surface area contributed by atoms with E-state index >= 15 is 0 Å². The number of nitrogens with zero attached hydrogens (tertiary/aromatic N) is 6. The topological polar surface area (TPSA) is 115 Å². The van der Waals surface area contributed by atoms with Crippen molar-refractivity contribution in [2.75, 3.05) is 31.3 Å². The summed E-state index contributed by atoms with van der Waals surface area (Å²) >= 11 is 0. The number of anilines is 1. The van der Waals surface area contributed by atoms with E-state index in [2.05, 4.69) is 39.3 Å². The van der Waals surface area contributed by atoms with E-state index in [1.54, 1.807) is 6.33 Å². The standard InChI is InChI=1S/C20H31N7O3S/c1-14(2)27-13-23-25-20(27)30-12-15-8-16(9-15)17-10-21-19(22-11-17)24-18-4-6-26(7-5-18)31(3,28)29/h10-11,13-16,18H,4-9,12H2,1-3H3,(H,21,22,24). The second-order valence-corrected chi connectivity index (χ2v) is 10.9. The predicted octanol–water partition coefficient (Wildman–Crippen LogP) is 2.06. The number of sulfonamides is 1. The molecule has 1 saturated carbocycles. The van der Waals surface area contributed by atoms with Crippen LogP contribution in [0.4, 0.5) is 5.95 Å². The molecule has 1 saturated heterocycles. The number of rotatable bonds is 8. The van der Waals surface area contributed by atoms with Crippen LogP contribution in [0, 0.1) is 5.92 Å². The molecule has 2 fully saturated rings. The minimum absolute atomic E-state index is 0.196. The normalized spacial score (nSPS) is 23.0. The summed E-state index contributed by atoms with van der Waals surface area (Å²) in [7, 11) is -3.10. The van der Waals surface area contributed by atoms with Crippen LogP contribution >= 0.6 is 0 Å². The molecule has 2 aromatic rings. The van der Waals surface area contributed by atoms with Gasteiger partial charge in [0.05, 0.1) is 12.9 Å². The number of nitrogens with one attached hydrogen (secondary N) is 1. The molecule has 0 aromatic carbocycles. The lowest BCUT2D eigenvalue weighted by atomic mass is 9.72. The Labute approximate surface area is 183 Å². The van der Waals surface area contributed by atoms with E-state index < -0.39 is 10.0 Å².